The van der Waals surface area contributed by atoms with E-state index in [1.165, 1.54) is 5.56 Å². The lowest BCUT2D eigenvalue weighted by molar-refractivity contribution is 0.215. The van der Waals surface area contributed by atoms with Crippen LogP contribution in [0.2, 0.25) is 0 Å². The zero-order valence-corrected chi connectivity index (χ0v) is 11.5. The molecule has 0 saturated heterocycles. The summed E-state index contributed by atoms with van der Waals surface area (Å²) < 4.78 is 2.06. The fraction of sp³-hybridized carbons (Fsp3) is 0.312. The van der Waals surface area contributed by atoms with Gasteiger partial charge in [-0.2, -0.15) is 0 Å². The molecule has 1 aromatic carbocycles. The van der Waals surface area contributed by atoms with E-state index in [1.807, 2.05) is 44.4 Å². The molecule has 3 nitrogen and oxygen atoms in total. The zero-order chi connectivity index (χ0) is 13.9. The Morgan fingerprint density at radius 1 is 1.32 bits per heavy atom. The van der Waals surface area contributed by atoms with Gasteiger partial charge < -0.3 is 9.67 Å². The Kier molecular flexibility index (Phi) is 3.86. The number of nitrogens with zero attached hydrogens (tertiary/aromatic N) is 2. The van der Waals surface area contributed by atoms with Crippen molar-refractivity contribution in [3.05, 3.63) is 60.2 Å². The van der Waals surface area contributed by atoms with Crippen molar-refractivity contribution in [2.45, 2.75) is 25.8 Å². The Hall–Kier alpha value is -1.87. The lowest BCUT2D eigenvalue weighted by Crippen LogP contribution is -2.24. The molecule has 1 heterocycles. The summed E-state index contributed by atoms with van der Waals surface area (Å²) in [6, 6.07) is 10.2. The molecule has 19 heavy (non-hydrogen) atoms. The Balaban J connectivity index is 2.36. The molecule has 0 atom stereocenters. The minimum Gasteiger partial charge on any atom is -0.395 e. The van der Waals surface area contributed by atoms with Crippen LogP contribution in [-0.4, -0.2) is 21.3 Å². The van der Waals surface area contributed by atoms with Gasteiger partial charge in [-0.3, -0.25) is 0 Å². The van der Waals surface area contributed by atoms with Crippen LogP contribution in [-0.2, 0) is 12.0 Å². The molecule has 0 bridgehead atoms. The topological polar surface area (TPSA) is 38.1 Å². The van der Waals surface area contributed by atoms with Crippen LogP contribution >= 0.6 is 0 Å². The predicted octanol–water partition coefficient (Wildman–Crippen LogP) is 2.84. The molecule has 0 radical (unpaired) electrons. The van der Waals surface area contributed by atoms with E-state index in [0.717, 1.165) is 17.9 Å². The van der Waals surface area contributed by atoms with Gasteiger partial charge in [-0.1, -0.05) is 50.8 Å². The Labute approximate surface area is 114 Å². The van der Waals surface area contributed by atoms with Crippen molar-refractivity contribution in [2.24, 2.45) is 0 Å². The first-order chi connectivity index (χ1) is 9.08. The van der Waals surface area contributed by atoms with E-state index in [2.05, 4.69) is 28.3 Å². The number of aliphatic hydroxyl groups excluding tert-OH is 1. The third-order valence-corrected chi connectivity index (χ3v) is 3.30. The minimum absolute atomic E-state index is 0.0657. The van der Waals surface area contributed by atoms with Crippen LogP contribution in [0.5, 0.6) is 0 Å². The first kappa shape index (κ1) is 13.6. The van der Waals surface area contributed by atoms with E-state index in [4.69, 9.17) is 0 Å². The average Bonchev–Trinajstić information content (AvgIpc) is 2.83. The van der Waals surface area contributed by atoms with Crippen LogP contribution in [0, 0.1) is 0 Å². The maximum absolute atomic E-state index is 9.48. The highest BCUT2D eigenvalue weighted by Gasteiger charge is 2.25. The first-order valence-corrected chi connectivity index (χ1v) is 6.41. The molecule has 0 aliphatic carbocycles. The Bertz CT molecular complexity index is 555. The molecule has 0 fully saturated rings. The van der Waals surface area contributed by atoms with Crippen molar-refractivity contribution in [3.63, 3.8) is 0 Å². The van der Waals surface area contributed by atoms with Gasteiger partial charge in [-0.05, 0) is 11.6 Å². The molecule has 0 amide bonds. The highest BCUT2D eigenvalue weighted by molar-refractivity contribution is 5.48. The number of aliphatic hydroxyl groups is 1. The molecule has 0 spiro atoms. The number of hydrogen-bond donors (Lipinski definition) is 1. The average molecular weight is 256 g/mol. The van der Waals surface area contributed by atoms with E-state index < -0.39 is 0 Å². The van der Waals surface area contributed by atoms with Crippen molar-refractivity contribution in [2.75, 3.05) is 6.61 Å². The first-order valence-electron chi connectivity index (χ1n) is 6.41. The van der Waals surface area contributed by atoms with Gasteiger partial charge in [-0.25, -0.2) is 4.98 Å². The van der Waals surface area contributed by atoms with Gasteiger partial charge in [0.05, 0.1) is 24.3 Å². The van der Waals surface area contributed by atoms with Crippen molar-refractivity contribution in [1.29, 1.82) is 0 Å². The highest BCUT2D eigenvalue weighted by Crippen LogP contribution is 2.25. The van der Waals surface area contributed by atoms with E-state index in [9.17, 15) is 5.11 Å². The van der Waals surface area contributed by atoms with Crippen LogP contribution in [0.15, 0.2) is 43.2 Å². The summed E-state index contributed by atoms with van der Waals surface area (Å²) in [4.78, 5) is 4.46. The maximum Gasteiger partial charge on any atom is 0.0957 e. The van der Waals surface area contributed by atoms with Crippen molar-refractivity contribution >= 4 is 6.08 Å². The van der Waals surface area contributed by atoms with Crippen LogP contribution in [0.4, 0.5) is 0 Å². The van der Waals surface area contributed by atoms with Crippen LogP contribution < -0.4 is 0 Å². The SMILES string of the molecule is C=Cc1c(C(C)(C)CO)ncn1Cc1ccccc1. The molecule has 1 aromatic heterocycles. The summed E-state index contributed by atoms with van der Waals surface area (Å²) in [6.45, 7) is 8.66. The molecule has 2 aromatic rings. The van der Waals surface area contributed by atoms with E-state index in [-0.39, 0.29) is 12.0 Å². The number of benzene rings is 1. The summed E-state index contributed by atoms with van der Waals surface area (Å²) in [5, 5.41) is 9.48. The summed E-state index contributed by atoms with van der Waals surface area (Å²) >= 11 is 0. The second-order valence-electron chi connectivity index (χ2n) is 5.34. The van der Waals surface area contributed by atoms with Crippen LogP contribution in [0.3, 0.4) is 0 Å². The monoisotopic (exact) mass is 256 g/mol. The van der Waals surface area contributed by atoms with Crippen molar-refractivity contribution < 1.29 is 5.11 Å². The third-order valence-electron chi connectivity index (χ3n) is 3.30. The largest absolute Gasteiger partial charge is 0.395 e. The number of aromatic nitrogens is 2. The summed E-state index contributed by atoms with van der Waals surface area (Å²) in [5.41, 5.74) is 2.73. The minimum atomic E-state index is -0.356. The van der Waals surface area contributed by atoms with E-state index in [0.29, 0.717) is 0 Å². The van der Waals surface area contributed by atoms with Crippen LogP contribution in [0.1, 0.15) is 30.8 Å². The van der Waals surface area contributed by atoms with Gasteiger partial charge in [0.1, 0.15) is 0 Å². The van der Waals surface area contributed by atoms with Crippen molar-refractivity contribution in [1.82, 2.24) is 9.55 Å². The molecule has 1 N–H and O–H groups in total. The van der Waals surface area contributed by atoms with E-state index in [1.54, 1.807) is 0 Å². The smallest absolute Gasteiger partial charge is 0.0957 e. The standard InChI is InChI=1S/C16H20N2O/c1-4-14-15(16(2,3)11-19)17-12-18(14)10-13-8-6-5-7-9-13/h4-9,12,19H,1,10-11H2,2-3H3. The number of imidazole rings is 1. The lowest BCUT2D eigenvalue weighted by Gasteiger charge is -2.20. The molecule has 100 valence electrons. The van der Waals surface area contributed by atoms with Gasteiger partial charge in [0.15, 0.2) is 0 Å². The fourth-order valence-corrected chi connectivity index (χ4v) is 2.11. The normalized spacial score (nSPS) is 11.5. The Morgan fingerprint density at radius 2 is 2.00 bits per heavy atom. The molecule has 0 aliphatic rings. The molecule has 2 rings (SSSR count). The maximum atomic E-state index is 9.48. The number of hydrogen-bond acceptors (Lipinski definition) is 2. The third kappa shape index (κ3) is 2.76. The molecule has 0 aliphatic heterocycles. The summed E-state index contributed by atoms with van der Waals surface area (Å²) in [7, 11) is 0. The zero-order valence-electron chi connectivity index (χ0n) is 11.5. The second-order valence-corrected chi connectivity index (χ2v) is 5.34. The lowest BCUT2D eigenvalue weighted by atomic mass is 9.89. The van der Waals surface area contributed by atoms with Gasteiger partial charge in [-0.15, -0.1) is 0 Å². The molecule has 3 heteroatoms. The van der Waals surface area contributed by atoms with Gasteiger partial charge >= 0.3 is 0 Å². The van der Waals surface area contributed by atoms with Gasteiger partial charge in [0.2, 0.25) is 0 Å². The van der Waals surface area contributed by atoms with Crippen LogP contribution in [0.25, 0.3) is 6.08 Å². The van der Waals surface area contributed by atoms with Gasteiger partial charge in [0, 0.05) is 12.0 Å². The Morgan fingerprint density at radius 3 is 2.58 bits per heavy atom. The second kappa shape index (κ2) is 5.41. The highest BCUT2D eigenvalue weighted by atomic mass is 16.3. The number of rotatable bonds is 5. The van der Waals surface area contributed by atoms with Gasteiger partial charge in [0.25, 0.3) is 0 Å². The molecule has 0 unspecified atom stereocenters. The predicted molar refractivity (Wildman–Crippen MR) is 78.0 cm³/mol. The van der Waals surface area contributed by atoms with Crippen molar-refractivity contribution in [3.8, 4) is 0 Å². The van der Waals surface area contributed by atoms with E-state index >= 15 is 0 Å². The molecule has 0 saturated carbocycles. The summed E-state index contributed by atoms with van der Waals surface area (Å²) in [6.07, 6.45) is 3.62. The molecular formula is C16H20N2O. The molecular weight excluding hydrogens is 236 g/mol. The summed E-state index contributed by atoms with van der Waals surface area (Å²) in [5.74, 6) is 0. The quantitative estimate of drug-likeness (QED) is 0.893. The fourth-order valence-electron chi connectivity index (χ4n) is 2.11.